The Balaban J connectivity index is 1.61. The summed E-state index contributed by atoms with van der Waals surface area (Å²) in [6.45, 7) is 5.26. The van der Waals surface area contributed by atoms with Crippen LogP contribution in [-0.4, -0.2) is 85.2 Å². The maximum Gasteiger partial charge on any atom is 0.222 e. The molecular weight excluding hydrogens is 266 g/mol. The van der Waals surface area contributed by atoms with Crippen LogP contribution in [0.15, 0.2) is 0 Å². The third kappa shape index (κ3) is 5.57. The van der Waals surface area contributed by atoms with Gasteiger partial charge in [-0.1, -0.05) is 19.3 Å². The highest BCUT2D eigenvalue weighted by Crippen LogP contribution is 2.30. The molecule has 0 radical (unpaired) electrons. The summed E-state index contributed by atoms with van der Waals surface area (Å²) in [5.41, 5.74) is 0. The van der Waals surface area contributed by atoms with Crippen LogP contribution in [0.5, 0.6) is 0 Å². The first-order chi connectivity index (χ1) is 10.0. The van der Waals surface area contributed by atoms with Gasteiger partial charge in [0.25, 0.3) is 0 Å². The van der Waals surface area contributed by atoms with E-state index in [4.69, 9.17) is 0 Å². The minimum Gasteiger partial charge on any atom is -0.390 e. The van der Waals surface area contributed by atoms with Gasteiger partial charge in [-0.05, 0) is 19.4 Å². The molecule has 0 aromatic rings. The van der Waals surface area contributed by atoms with E-state index < -0.39 is 6.10 Å². The summed E-state index contributed by atoms with van der Waals surface area (Å²) in [4.78, 5) is 18.4. The molecule has 1 saturated heterocycles. The van der Waals surface area contributed by atoms with Crippen LogP contribution in [0.2, 0.25) is 0 Å². The van der Waals surface area contributed by atoms with E-state index in [1.807, 2.05) is 7.05 Å². The van der Waals surface area contributed by atoms with Crippen LogP contribution in [-0.2, 0) is 4.79 Å². The monoisotopic (exact) mass is 297 g/mol. The van der Waals surface area contributed by atoms with Crippen LogP contribution in [0.4, 0.5) is 0 Å². The van der Waals surface area contributed by atoms with Crippen molar-refractivity contribution in [1.82, 2.24) is 14.7 Å². The van der Waals surface area contributed by atoms with Crippen LogP contribution >= 0.6 is 0 Å². The molecule has 0 aromatic carbocycles. The molecule has 122 valence electrons. The first-order valence-electron chi connectivity index (χ1n) is 8.37. The molecule has 1 saturated carbocycles. The van der Waals surface area contributed by atoms with Gasteiger partial charge < -0.3 is 14.9 Å². The van der Waals surface area contributed by atoms with Gasteiger partial charge in [0.2, 0.25) is 5.91 Å². The van der Waals surface area contributed by atoms with Crippen molar-refractivity contribution in [3.05, 3.63) is 0 Å². The Kier molecular flexibility index (Phi) is 6.45. The predicted octanol–water partition coefficient (Wildman–Crippen LogP) is 0.633. The molecule has 5 nitrogen and oxygen atoms in total. The van der Waals surface area contributed by atoms with Crippen molar-refractivity contribution in [3.63, 3.8) is 0 Å². The Labute approximate surface area is 128 Å². The van der Waals surface area contributed by atoms with Crippen molar-refractivity contribution in [3.8, 4) is 0 Å². The number of carbonyl (C=O) groups excluding carboxylic acids is 1. The van der Waals surface area contributed by atoms with Gasteiger partial charge in [0, 0.05) is 52.7 Å². The number of likely N-dealkylation sites (N-methyl/N-ethyl adjacent to an activating group) is 2. The fraction of sp³-hybridized carbons (Fsp3) is 0.938. The van der Waals surface area contributed by atoms with Gasteiger partial charge in [0.05, 0.1) is 6.10 Å². The van der Waals surface area contributed by atoms with Crippen LogP contribution in [0.25, 0.3) is 0 Å². The van der Waals surface area contributed by atoms with E-state index in [-0.39, 0.29) is 5.91 Å². The number of amides is 1. The highest BCUT2D eigenvalue weighted by Gasteiger charge is 2.22. The lowest BCUT2D eigenvalue weighted by Crippen LogP contribution is -2.49. The molecule has 1 aliphatic heterocycles. The van der Waals surface area contributed by atoms with E-state index in [0.717, 1.165) is 38.5 Å². The van der Waals surface area contributed by atoms with Gasteiger partial charge in [0.15, 0.2) is 0 Å². The summed E-state index contributed by atoms with van der Waals surface area (Å²) in [5, 5.41) is 10.2. The van der Waals surface area contributed by atoms with Crippen molar-refractivity contribution in [2.45, 2.75) is 38.2 Å². The second kappa shape index (κ2) is 8.11. The highest BCUT2D eigenvalue weighted by molar-refractivity contribution is 5.75. The fourth-order valence-electron chi connectivity index (χ4n) is 3.10. The Hall–Kier alpha value is -0.650. The molecule has 2 fully saturated rings. The summed E-state index contributed by atoms with van der Waals surface area (Å²) in [5.74, 6) is 0.956. The number of hydrogen-bond acceptors (Lipinski definition) is 4. The summed E-state index contributed by atoms with van der Waals surface area (Å²) < 4.78 is 0. The van der Waals surface area contributed by atoms with Crippen LogP contribution < -0.4 is 0 Å². The number of rotatable bonds is 7. The molecule has 21 heavy (non-hydrogen) atoms. The van der Waals surface area contributed by atoms with Gasteiger partial charge in [-0.25, -0.2) is 0 Å². The van der Waals surface area contributed by atoms with E-state index >= 15 is 0 Å². The second-order valence-corrected chi connectivity index (χ2v) is 6.87. The number of carbonyl (C=O) groups is 1. The molecule has 1 aliphatic carbocycles. The van der Waals surface area contributed by atoms with Gasteiger partial charge in [-0.3, -0.25) is 9.69 Å². The number of hydrogen-bond donors (Lipinski definition) is 1. The molecule has 0 bridgehead atoms. The van der Waals surface area contributed by atoms with Gasteiger partial charge in [-0.15, -0.1) is 0 Å². The zero-order chi connectivity index (χ0) is 15.2. The van der Waals surface area contributed by atoms with E-state index in [0.29, 0.717) is 19.5 Å². The molecule has 1 heterocycles. The van der Waals surface area contributed by atoms with E-state index in [1.54, 1.807) is 4.90 Å². The van der Waals surface area contributed by atoms with Crippen molar-refractivity contribution >= 4 is 5.91 Å². The quantitative estimate of drug-likeness (QED) is 0.749. The first kappa shape index (κ1) is 16.7. The van der Waals surface area contributed by atoms with Crippen LogP contribution in [0.1, 0.15) is 32.1 Å². The molecular formula is C16H31N3O2. The Morgan fingerprint density at radius 2 is 1.95 bits per heavy atom. The summed E-state index contributed by atoms with van der Waals surface area (Å²) in [7, 11) is 3.94. The minimum absolute atomic E-state index is 0.180. The van der Waals surface area contributed by atoms with Gasteiger partial charge >= 0.3 is 0 Å². The molecule has 1 atom stereocenters. The molecule has 1 amide bonds. The van der Waals surface area contributed by atoms with Crippen molar-refractivity contribution in [2.24, 2.45) is 5.92 Å². The van der Waals surface area contributed by atoms with Crippen LogP contribution in [0, 0.1) is 5.92 Å². The predicted molar refractivity (Wildman–Crippen MR) is 84.2 cm³/mol. The fourth-order valence-corrected chi connectivity index (χ4v) is 3.10. The number of aliphatic hydroxyl groups excluding tert-OH is 1. The third-order valence-corrected chi connectivity index (χ3v) is 4.97. The average molecular weight is 297 g/mol. The highest BCUT2D eigenvalue weighted by atomic mass is 16.3. The Morgan fingerprint density at radius 3 is 2.52 bits per heavy atom. The van der Waals surface area contributed by atoms with Crippen LogP contribution in [0.3, 0.4) is 0 Å². The van der Waals surface area contributed by atoms with Gasteiger partial charge in [-0.2, -0.15) is 0 Å². The molecule has 0 spiro atoms. The molecule has 2 rings (SSSR count). The summed E-state index contributed by atoms with van der Waals surface area (Å²) >= 11 is 0. The third-order valence-electron chi connectivity index (χ3n) is 4.97. The lowest BCUT2D eigenvalue weighted by molar-refractivity contribution is -0.131. The smallest absolute Gasteiger partial charge is 0.222 e. The summed E-state index contributed by atoms with van der Waals surface area (Å²) in [6, 6.07) is 0. The first-order valence-corrected chi connectivity index (χ1v) is 8.37. The van der Waals surface area contributed by atoms with Gasteiger partial charge in [0.1, 0.15) is 0 Å². The zero-order valence-electron chi connectivity index (χ0n) is 13.6. The Bertz CT molecular complexity index is 325. The maximum atomic E-state index is 12.1. The number of aliphatic hydroxyl groups is 1. The molecule has 1 unspecified atom stereocenters. The topological polar surface area (TPSA) is 47.0 Å². The van der Waals surface area contributed by atoms with E-state index in [1.165, 1.54) is 19.3 Å². The number of piperazine rings is 1. The van der Waals surface area contributed by atoms with Crippen molar-refractivity contribution < 1.29 is 9.90 Å². The summed E-state index contributed by atoms with van der Waals surface area (Å²) in [6.07, 6.45) is 5.15. The number of nitrogens with zero attached hydrogens (tertiary/aromatic N) is 3. The lowest BCUT2D eigenvalue weighted by atomic mass is 9.82. The molecule has 2 aliphatic rings. The number of β-amino-alcohol motifs (C(OH)–C–C–N with tert-alkyl or cyclic N) is 1. The largest absolute Gasteiger partial charge is 0.390 e. The zero-order valence-corrected chi connectivity index (χ0v) is 13.6. The second-order valence-electron chi connectivity index (χ2n) is 6.87. The van der Waals surface area contributed by atoms with Crippen molar-refractivity contribution in [1.29, 1.82) is 0 Å². The minimum atomic E-state index is -0.439. The van der Waals surface area contributed by atoms with Crippen molar-refractivity contribution in [2.75, 3.05) is 53.4 Å². The maximum absolute atomic E-state index is 12.1. The van der Waals surface area contributed by atoms with E-state index in [2.05, 4.69) is 16.8 Å². The molecule has 1 N–H and O–H groups in total. The molecule has 5 heteroatoms. The standard InChI is InChI=1S/C16H31N3O2/c1-17-8-10-19(11-9-17)13-15(20)12-18(2)16(21)7-6-14-4-3-5-14/h14-15,20H,3-13H2,1-2H3. The van der Waals surface area contributed by atoms with E-state index in [9.17, 15) is 9.90 Å². The lowest BCUT2D eigenvalue weighted by Gasteiger charge is -2.34. The Morgan fingerprint density at radius 1 is 1.29 bits per heavy atom. The molecule has 0 aromatic heterocycles. The average Bonchev–Trinajstić information content (AvgIpc) is 2.39. The SMILES string of the molecule is CN1CCN(CC(O)CN(C)C(=O)CCC2CCC2)CC1. The normalized spacial score (nSPS) is 22.8.